The molecule has 3 heterocycles. The number of hydrogen-bond acceptors (Lipinski definition) is 4. The van der Waals surface area contributed by atoms with Crippen LogP contribution in [0.4, 0.5) is 0 Å². The standard InChI is InChI=1S/C22H23N5O2S/c1-26-18-12-6-5-11-17(18)23-22(26)21(16-9-3-2-4-10-16)25-30(28,29)20-15-27-14-8-7-13-19(27)24-20/h2-6,9-12,15,21,25H,7-8,13-14H2,1H3. The van der Waals surface area contributed by atoms with Gasteiger partial charge in [-0.1, -0.05) is 42.5 Å². The lowest BCUT2D eigenvalue weighted by atomic mass is 10.1. The Balaban J connectivity index is 1.59. The van der Waals surface area contributed by atoms with Crippen molar-refractivity contribution in [3.63, 3.8) is 0 Å². The molecule has 0 spiro atoms. The number of fused-ring (bicyclic) bond motifs is 2. The second-order valence-corrected chi connectivity index (χ2v) is 9.29. The molecule has 30 heavy (non-hydrogen) atoms. The van der Waals surface area contributed by atoms with Crippen LogP contribution in [0.3, 0.4) is 0 Å². The Kier molecular flexibility index (Phi) is 4.67. The molecule has 5 rings (SSSR count). The molecule has 0 amide bonds. The van der Waals surface area contributed by atoms with E-state index in [0.717, 1.165) is 48.2 Å². The van der Waals surface area contributed by atoms with Crippen LogP contribution in [0.5, 0.6) is 0 Å². The lowest BCUT2D eigenvalue weighted by Crippen LogP contribution is -2.31. The highest BCUT2D eigenvalue weighted by atomic mass is 32.2. The predicted molar refractivity (Wildman–Crippen MR) is 114 cm³/mol. The summed E-state index contributed by atoms with van der Waals surface area (Å²) in [5, 5.41) is 0.0686. The van der Waals surface area contributed by atoms with Gasteiger partial charge in [0.25, 0.3) is 10.0 Å². The molecule has 154 valence electrons. The van der Waals surface area contributed by atoms with Gasteiger partial charge >= 0.3 is 0 Å². The summed E-state index contributed by atoms with van der Waals surface area (Å²) in [4.78, 5) is 9.16. The molecule has 0 aliphatic carbocycles. The summed E-state index contributed by atoms with van der Waals surface area (Å²) >= 11 is 0. The van der Waals surface area contributed by atoms with Crippen LogP contribution >= 0.6 is 0 Å². The zero-order valence-corrected chi connectivity index (χ0v) is 17.5. The van der Waals surface area contributed by atoms with Crippen molar-refractivity contribution in [2.24, 2.45) is 7.05 Å². The average molecular weight is 422 g/mol. The van der Waals surface area contributed by atoms with Gasteiger partial charge in [-0.05, 0) is 30.5 Å². The first kappa shape index (κ1) is 19.0. The number of nitrogens with zero attached hydrogens (tertiary/aromatic N) is 4. The summed E-state index contributed by atoms with van der Waals surface area (Å²) in [7, 11) is -1.93. The highest BCUT2D eigenvalue weighted by Crippen LogP contribution is 2.27. The third-order valence-corrected chi connectivity index (χ3v) is 6.94. The van der Waals surface area contributed by atoms with Crippen LogP contribution in [0.1, 0.15) is 36.1 Å². The smallest absolute Gasteiger partial charge is 0.260 e. The van der Waals surface area contributed by atoms with Gasteiger partial charge in [0.2, 0.25) is 0 Å². The van der Waals surface area contributed by atoms with Gasteiger partial charge in [0, 0.05) is 26.2 Å². The summed E-state index contributed by atoms with van der Waals surface area (Å²) in [6, 6.07) is 16.7. The van der Waals surface area contributed by atoms with Gasteiger partial charge in [-0.25, -0.2) is 18.4 Å². The third-order valence-electron chi connectivity index (χ3n) is 5.65. The number of nitrogens with one attached hydrogen (secondary N) is 1. The van der Waals surface area contributed by atoms with E-state index < -0.39 is 16.1 Å². The van der Waals surface area contributed by atoms with E-state index in [0.29, 0.717) is 5.82 Å². The van der Waals surface area contributed by atoms with Crippen molar-refractivity contribution < 1.29 is 8.42 Å². The largest absolute Gasteiger partial charge is 0.333 e. The molecule has 0 fully saturated rings. The Bertz CT molecular complexity index is 1280. The van der Waals surface area contributed by atoms with Gasteiger partial charge in [-0.15, -0.1) is 0 Å². The van der Waals surface area contributed by atoms with Crippen molar-refractivity contribution in [1.29, 1.82) is 0 Å². The Labute approximate surface area is 175 Å². The molecule has 1 N–H and O–H groups in total. The molecule has 2 aromatic carbocycles. The Morgan fingerprint density at radius 3 is 2.53 bits per heavy atom. The molecule has 1 atom stereocenters. The summed E-state index contributed by atoms with van der Waals surface area (Å²) in [5.74, 6) is 1.47. The number of aryl methyl sites for hydroxylation is 3. The Hall–Kier alpha value is -2.97. The van der Waals surface area contributed by atoms with Crippen molar-refractivity contribution in [2.75, 3.05) is 0 Å². The van der Waals surface area contributed by atoms with Crippen LogP contribution in [-0.4, -0.2) is 27.5 Å². The Morgan fingerprint density at radius 1 is 1.00 bits per heavy atom. The summed E-state index contributed by atoms with van der Waals surface area (Å²) in [6.07, 6.45) is 4.54. The second-order valence-electron chi connectivity index (χ2n) is 7.63. The third kappa shape index (κ3) is 3.32. The number of imidazole rings is 2. The molecule has 0 saturated carbocycles. The van der Waals surface area contributed by atoms with Gasteiger partial charge in [0.1, 0.15) is 17.7 Å². The first-order chi connectivity index (χ1) is 14.5. The molecule has 1 unspecified atom stereocenters. The summed E-state index contributed by atoms with van der Waals surface area (Å²) in [6.45, 7) is 0.810. The maximum absolute atomic E-state index is 13.3. The molecule has 4 aromatic rings. The predicted octanol–water partition coefficient (Wildman–Crippen LogP) is 3.17. The molecule has 7 nitrogen and oxygen atoms in total. The molecule has 8 heteroatoms. The summed E-state index contributed by atoms with van der Waals surface area (Å²) in [5.41, 5.74) is 2.60. The van der Waals surface area contributed by atoms with Crippen LogP contribution in [0.25, 0.3) is 11.0 Å². The van der Waals surface area contributed by atoms with E-state index in [1.54, 1.807) is 6.20 Å². The van der Waals surface area contributed by atoms with Crippen molar-refractivity contribution in [3.05, 3.63) is 78.0 Å². The zero-order chi connectivity index (χ0) is 20.7. The lowest BCUT2D eigenvalue weighted by molar-refractivity contribution is 0.522. The van der Waals surface area contributed by atoms with Gasteiger partial charge in [-0.2, -0.15) is 4.72 Å². The highest BCUT2D eigenvalue weighted by Gasteiger charge is 2.29. The lowest BCUT2D eigenvalue weighted by Gasteiger charge is -2.18. The molecule has 0 bridgehead atoms. The first-order valence-electron chi connectivity index (χ1n) is 10.1. The monoisotopic (exact) mass is 421 g/mol. The fourth-order valence-electron chi connectivity index (χ4n) is 4.07. The quantitative estimate of drug-likeness (QED) is 0.537. The van der Waals surface area contributed by atoms with Gasteiger partial charge < -0.3 is 9.13 Å². The molecule has 0 radical (unpaired) electrons. The van der Waals surface area contributed by atoms with E-state index >= 15 is 0 Å². The normalized spacial score (nSPS) is 15.2. The fraction of sp³-hybridized carbons (Fsp3) is 0.273. The van der Waals surface area contributed by atoms with E-state index in [2.05, 4.69) is 9.71 Å². The maximum atomic E-state index is 13.3. The van der Waals surface area contributed by atoms with Crippen LogP contribution in [0.15, 0.2) is 65.8 Å². The van der Waals surface area contributed by atoms with Crippen LogP contribution in [0.2, 0.25) is 0 Å². The van der Waals surface area contributed by atoms with E-state index in [-0.39, 0.29) is 5.03 Å². The van der Waals surface area contributed by atoms with Crippen LogP contribution in [0, 0.1) is 0 Å². The average Bonchev–Trinajstić information content (AvgIpc) is 3.35. The van der Waals surface area contributed by atoms with Crippen LogP contribution < -0.4 is 4.72 Å². The van der Waals surface area contributed by atoms with E-state index in [1.165, 1.54) is 0 Å². The van der Waals surface area contributed by atoms with Gasteiger partial charge in [-0.3, -0.25) is 0 Å². The van der Waals surface area contributed by atoms with Crippen molar-refractivity contribution in [3.8, 4) is 0 Å². The minimum Gasteiger partial charge on any atom is -0.333 e. The van der Waals surface area contributed by atoms with Crippen LogP contribution in [-0.2, 0) is 30.0 Å². The molecular formula is C22H23N5O2S. The second kappa shape index (κ2) is 7.37. The number of benzene rings is 2. The topological polar surface area (TPSA) is 81.8 Å². The maximum Gasteiger partial charge on any atom is 0.260 e. The molecule has 0 saturated heterocycles. The zero-order valence-electron chi connectivity index (χ0n) is 16.7. The minimum atomic E-state index is -3.84. The van der Waals surface area contributed by atoms with Crippen molar-refractivity contribution in [2.45, 2.75) is 36.9 Å². The molecule has 1 aliphatic rings. The molecular weight excluding hydrogens is 398 g/mol. The SMILES string of the molecule is Cn1c(C(NS(=O)(=O)c2cn3c(n2)CCCC3)c2ccccc2)nc2ccccc21. The fourth-order valence-corrected chi connectivity index (χ4v) is 5.23. The minimum absolute atomic E-state index is 0.0686. The molecule has 2 aromatic heterocycles. The van der Waals surface area contributed by atoms with Crippen molar-refractivity contribution in [1.82, 2.24) is 23.8 Å². The number of rotatable bonds is 5. The van der Waals surface area contributed by atoms with Crippen molar-refractivity contribution >= 4 is 21.1 Å². The van der Waals surface area contributed by atoms with Gasteiger partial charge in [0.05, 0.1) is 11.0 Å². The van der Waals surface area contributed by atoms with E-state index in [4.69, 9.17) is 4.98 Å². The first-order valence-corrected chi connectivity index (χ1v) is 11.6. The summed E-state index contributed by atoms with van der Waals surface area (Å²) < 4.78 is 33.4. The number of para-hydroxylation sites is 2. The number of sulfonamides is 1. The highest BCUT2D eigenvalue weighted by molar-refractivity contribution is 7.89. The van der Waals surface area contributed by atoms with E-state index in [9.17, 15) is 8.42 Å². The van der Waals surface area contributed by atoms with E-state index in [1.807, 2.05) is 70.8 Å². The molecule has 1 aliphatic heterocycles. The number of aromatic nitrogens is 4. The van der Waals surface area contributed by atoms with Gasteiger partial charge in [0.15, 0.2) is 5.03 Å². The Morgan fingerprint density at radius 2 is 1.77 bits per heavy atom. The number of hydrogen-bond donors (Lipinski definition) is 1.